The molecule has 0 saturated carbocycles. The Balaban J connectivity index is 2.46. The summed E-state index contributed by atoms with van der Waals surface area (Å²) in [4.78, 5) is 4.07. The lowest BCUT2D eigenvalue weighted by atomic mass is 10.2. The fourth-order valence-electron chi connectivity index (χ4n) is 1.04. The highest BCUT2D eigenvalue weighted by molar-refractivity contribution is 5.37. The molecule has 2 heterocycles. The van der Waals surface area contributed by atoms with Crippen molar-refractivity contribution in [3.63, 3.8) is 0 Å². The van der Waals surface area contributed by atoms with Gasteiger partial charge in [0.15, 0.2) is 5.82 Å². The fourth-order valence-corrected chi connectivity index (χ4v) is 1.04. The lowest BCUT2D eigenvalue weighted by Gasteiger charge is -2.15. The molecule has 1 aromatic rings. The number of hydrogen-bond acceptors (Lipinski definition) is 4. The SMILES string of the molecule is CN1Cc2cccnc2N=N1. The minimum absolute atomic E-state index is 0.741. The van der Waals surface area contributed by atoms with Crippen LogP contribution in [-0.4, -0.2) is 17.0 Å². The zero-order chi connectivity index (χ0) is 7.68. The van der Waals surface area contributed by atoms with Gasteiger partial charge >= 0.3 is 0 Å². The molecule has 11 heavy (non-hydrogen) atoms. The second-order valence-electron chi connectivity index (χ2n) is 2.49. The molecule has 4 nitrogen and oxygen atoms in total. The lowest BCUT2D eigenvalue weighted by Crippen LogP contribution is -2.12. The third kappa shape index (κ3) is 1.07. The Morgan fingerprint density at radius 2 is 2.45 bits per heavy atom. The smallest absolute Gasteiger partial charge is 0.181 e. The van der Waals surface area contributed by atoms with Crippen molar-refractivity contribution in [2.75, 3.05) is 7.05 Å². The first-order valence-corrected chi connectivity index (χ1v) is 3.43. The number of pyridine rings is 1. The Labute approximate surface area is 64.6 Å². The second kappa shape index (κ2) is 2.30. The van der Waals surface area contributed by atoms with Gasteiger partial charge in [0, 0.05) is 18.8 Å². The average molecular weight is 148 g/mol. The van der Waals surface area contributed by atoms with Gasteiger partial charge < -0.3 is 0 Å². The van der Waals surface area contributed by atoms with Crippen molar-refractivity contribution in [3.05, 3.63) is 23.9 Å². The van der Waals surface area contributed by atoms with Crippen LogP contribution < -0.4 is 0 Å². The number of rotatable bonds is 0. The van der Waals surface area contributed by atoms with Crippen molar-refractivity contribution in [3.8, 4) is 0 Å². The molecule has 0 bridgehead atoms. The van der Waals surface area contributed by atoms with Gasteiger partial charge in [-0.3, -0.25) is 5.01 Å². The van der Waals surface area contributed by atoms with Crippen LogP contribution in [0, 0.1) is 0 Å². The van der Waals surface area contributed by atoms with E-state index in [1.54, 1.807) is 11.2 Å². The van der Waals surface area contributed by atoms with Crippen molar-refractivity contribution >= 4 is 5.82 Å². The maximum Gasteiger partial charge on any atom is 0.181 e. The van der Waals surface area contributed by atoms with Gasteiger partial charge in [-0.15, -0.1) is 5.11 Å². The van der Waals surface area contributed by atoms with Crippen LogP contribution in [0.2, 0.25) is 0 Å². The summed E-state index contributed by atoms with van der Waals surface area (Å²) in [5.41, 5.74) is 1.13. The summed E-state index contributed by atoms with van der Waals surface area (Å²) < 4.78 is 0. The Morgan fingerprint density at radius 1 is 1.55 bits per heavy atom. The minimum Gasteiger partial charge on any atom is -0.277 e. The number of fused-ring (bicyclic) bond motifs is 1. The molecule has 1 aromatic heterocycles. The molecule has 0 atom stereocenters. The molecule has 0 radical (unpaired) electrons. The summed E-state index contributed by atoms with van der Waals surface area (Å²) in [6.45, 7) is 0.798. The normalized spacial score (nSPS) is 14.8. The molecular weight excluding hydrogens is 140 g/mol. The molecule has 0 spiro atoms. The molecule has 0 unspecified atom stereocenters. The summed E-state index contributed by atoms with van der Waals surface area (Å²) >= 11 is 0. The lowest BCUT2D eigenvalue weighted by molar-refractivity contribution is 0.312. The molecule has 0 aliphatic carbocycles. The predicted molar refractivity (Wildman–Crippen MR) is 40.2 cm³/mol. The standard InChI is InChI=1S/C7H8N4/c1-11-5-6-3-2-4-8-7(6)9-10-11/h2-4H,5H2,1H3. The summed E-state index contributed by atoms with van der Waals surface area (Å²) in [6, 6.07) is 3.92. The molecule has 56 valence electrons. The van der Waals surface area contributed by atoms with E-state index in [0.717, 1.165) is 17.9 Å². The Morgan fingerprint density at radius 3 is 3.36 bits per heavy atom. The van der Waals surface area contributed by atoms with Crippen LogP contribution in [0.3, 0.4) is 0 Å². The van der Waals surface area contributed by atoms with E-state index >= 15 is 0 Å². The Hall–Kier alpha value is -1.45. The van der Waals surface area contributed by atoms with Gasteiger partial charge in [-0.1, -0.05) is 11.3 Å². The quantitative estimate of drug-likeness (QED) is 0.559. The molecule has 0 amide bonds. The zero-order valence-electron chi connectivity index (χ0n) is 6.23. The van der Waals surface area contributed by atoms with Crippen molar-refractivity contribution in [1.82, 2.24) is 9.99 Å². The molecule has 1 aliphatic rings. The first-order chi connectivity index (χ1) is 5.36. The molecule has 2 rings (SSSR count). The third-order valence-electron chi connectivity index (χ3n) is 1.56. The molecule has 4 heteroatoms. The average Bonchev–Trinajstić information content (AvgIpc) is 2.04. The van der Waals surface area contributed by atoms with Gasteiger partial charge in [-0.25, -0.2) is 4.98 Å². The third-order valence-corrected chi connectivity index (χ3v) is 1.56. The monoisotopic (exact) mass is 148 g/mol. The molecule has 0 N–H and O–H groups in total. The highest BCUT2D eigenvalue weighted by atomic mass is 15.5. The van der Waals surface area contributed by atoms with Crippen LogP contribution in [0.4, 0.5) is 5.82 Å². The van der Waals surface area contributed by atoms with Crippen molar-refractivity contribution in [2.24, 2.45) is 10.3 Å². The van der Waals surface area contributed by atoms with Gasteiger partial charge in [0.1, 0.15) is 0 Å². The number of hydrogen-bond donors (Lipinski definition) is 0. The van der Waals surface area contributed by atoms with Gasteiger partial charge in [-0.05, 0) is 6.07 Å². The van der Waals surface area contributed by atoms with E-state index in [1.807, 2.05) is 19.2 Å². The summed E-state index contributed by atoms with van der Waals surface area (Å²) in [5, 5.41) is 9.56. The van der Waals surface area contributed by atoms with E-state index < -0.39 is 0 Å². The van der Waals surface area contributed by atoms with Crippen LogP contribution in [-0.2, 0) is 6.54 Å². The molecule has 1 aliphatic heterocycles. The van der Waals surface area contributed by atoms with E-state index in [9.17, 15) is 0 Å². The van der Waals surface area contributed by atoms with Crippen LogP contribution >= 0.6 is 0 Å². The predicted octanol–water partition coefficient (Wildman–Crippen LogP) is 1.53. The topological polar surface area (TPSA) is 40.9 Å². The van der Waals surface area contributed by atoms with Crippen LogP contribution in [0.1, 0.15) is 5.56 Å². The van der Waals surface area contributed by atoms with Crippen LogP contribution in [0.15, 0.2) is 28.7 Å². The van der Waals surface area contributed by atoms with Crippen LogP contribution in [0.5, 0.6) is 0 Å². The maximum absolute atomic E-state index is 4.07. The second-order valence-corrected chi connectivity index (χ2v) is 2.49. The summed E-state index contributed by atoms with van der Waals surface area (Å²) in [7, 11) is 1.89. The summed E-state index contributed by atoms with van der Waals surface area (Å²) in [6.07, 6.45) is 1.73. The minimum atomic E-state index is 0.741. The Bertz CT molecular complexity index is 294. The van der Waals surface area contributed by atoms with Crippen molar-refractivity contribution in [2.45, 2.75) is 6.54 Å². The Kier molecular flexibility index (Phi) is 1.31. The summed E-state index contributed by atoms with van der Waals surface area (Å²) in [5.74, 6) is 0.741. The number of nitrogens with zero attached hydrogens (tertiary/aromatic N) is 4. The van der Waals surface area contributed by atoms with E-state index in [-0.39, 0.29) is 0 Å². The van der Waals surface area contributed by atoms with Gasteiger partial charge in [0.2, 0.25) is 0 Å². The van der Waals surface area contributed by atoms with Gasteiger partial charge in [0.05, 0.1) is 6.54 Å². The van der Waals surface area contributed by atoms with Gasteiger partial charge in [-0.2, -0.15) is 0 Å². The highest BCUT2D eigenvalue weighted by Crippen LogP contribution is 2.21. The highest BCUT2D eigenvalue weighted by Gasteiger charge is 2.08. The van der Waals surface area contributed by atoms with E-state index in [0.29, 0.717) is 0 Å². The largest absolute Gasteiger partial charge is 0.277 e. The first kappa shape index (κ1) is 6.27. The molecular formula is C7H8N4. The first-order valence-electron chi connectivity index (χ1n) is 3.43. The fraction of sp³-hybridized carbons (Fsp3) is 0.286. The van der Waals surface area contributed by atoms with E-state index in [4.69, 9.17) is 0 Å². The van der Waals surface area contributed by atoms with Crippen molar-refractivity contribution < 1.29 is 0 Å². The maximum atomic E-state index is 4.07. The number of aromatic nitrogens is 1. The van der Waals surface area contributed by atoms with E-state index in [2.05, 4.69) is 15.3 Å². The van der Waals surface area contributed by atoms with E-state index in [1.165, 1.54) is 0 Å². The van der Waals surface area contributed by atoms with Crippen molar-refractivity contribution in [1.29, 1.82) is 0 Å². The molecule has 0 aromatic carbocycles. The zero-order valence-corrected chi connectivity index (χ0v) is 6.23. The molecule has 0 fully saturated rings. The molecule has 0 saturated heterocycles. The van der Waals surface area contributed by atoms with Gasteiger partial charge in [0.25, 0.3) is 0 Å². The van der Waals surface area contributed by atoms with Crippen LogP contribution in [0.25, 0.3) is 0 Å².